The number of hydrogen-bond donors (Lipinski definition) is 1. The molecule has 88 valence electrons. The lowest BCUT2D eigenvalue weighted by Gasteiger charge is -2.21. The first-order valence-electron chi connectivity index (χ1n) is 5.55. The second kappa shape index (κ2) is 6.49. The third-order valence-electron chi connectivity index (χ3n) is 1.75. The van der Waals surface area contributed by atoms with Gasteiger partial charge in [-0.1, -0.05) is 26.0 Å². The number of nitrogens with one attached hydrogen (secondary N) is 1. The molecule has 0 aromatic heterocycles. The van der Waals surface area contributed by atoms with Crippen molar-refractivity contribution in [3.8, 4) is 0 Å². The highest BCUT2D eigenvalue weighted by molar-refractivity contribution is 5.68. The number of allylic oxidation sites excluding steroid dienone is 1. The topological polar surface area (TPSA) is 38.3 Å². The molecular formula is C12H23NO2. The Bertz CT molecular complexity index is 216. The summed E-state index contributed by atoms with van der Waals surface area (Å²) in [5, 5.41) is 2.81. The fourth-order valence-electron chi connectivity index (χ4n) is 1.05. The van der Waals surface area contributed by atoms with Crippen LogP contribution in [0.1, 0.15) is 47.5 Å². The SMILES string of the molecule is CC/C=C/[C@H](CC)NC(=O)OC(C)(C)C. The molecule has 0 saturated carbocycles. The molecule has 0 aromatic carbocycles. The smallest absolute Gasteiger partial charge is 0.408 e. The van der Waals surface area contributed by atoms with E-state index in [9.17, 15) is 4.79 Å². The van der Waals surface area contributed by atoms with E-state index < -0.39 is 5.60 Å². The molecule has 0 rings (SSSR count). The van der Waals surface area contributed by atoms with Gasteiger partial charge in [0.1, 0.15) is 5.60 Å². The average molecular weight is 213 g/mol. The van der Waals surface area contributed by atoms with Gasteiger partial charge in [-0.3, -0.25) is 0 Å². The first-order chi connectivity index (χ1) is 6.89. The Morgan fingerprint density at radius 3 is 2.40 bits per heavy atom. The van der Waals surface area contributed by atoms with E-state index in [1.54, 1.807) is 0 Å². The van der Waals surface area contributed by atoms with Gasteiger partial charge in [-0.2, -0.15) is 0 Å². The highest BCUT2D eigenvalue weighted by atomic mass is 16.6. The maximum Gasteiger partial charge on any atom is 0.408 e. The number of alkyl carbamates (subject to hydrolysis) is 1. The van der Waals surface area contributed by atoms with E-state index in [-0.39, 0.29) is 12.1 Å². The quantitative estimate of drug-likeness (QED) is 0.728. The molecule has 0 unspecified atom stereocenters. The number of ether oxygens (including phenoxy) is 1. The first kappa shape index (κ1) is 14.0. The van der Waals surface area contributed by atoms with Crippen molar-refractivity contribution in [3.05, 3.63) is 12.2 Å². The van der Waals surface area contributed by atoms with Crippen LogP contribution < -0.4 is 5.32 Å². The van der Waals surface area contributed by atoms with Gasteiger partial charge < -0.3 is 10.1 Å². The van der Waals surface area contributed by atoms with Crippen molar-refractivity contribution in [1.29, 1.82) is 0 Å². The highest BCUT2D eigenvalue weighted by Gasteiger charge is 2.17. The molecule has 0 radical (unpaired) electrons. The zero-order valence-corrected chi connectivity index (χ0v) is 10.5. The lowest BCUT2D eigenvalue weighted by atomic mass is 10.2. The number of carbonyl (C=O) groups is 1. The number of hydrogen-bond acceptors (Lipinski definition) is 2. The molecule has 0 fully saturated rings. The van der Waals surface area contributed by atoms with Crippen LogP contribution >= 0.6 is 0 Å². The van der Waals surface area contributed by atoms with Crippen molar-refractivity contribution < 1.29 is 9.53 Å². The summed E-state index contributed by atoms with van der Waals surface area (Å²) in [7, 11) is 0. The minimum atomic E-state index is -0.434. The number of amides is 1. The standard InChI is InChI=1S/C12H23NO2/c1-6-8-9-10(7-2)13-11(14)15-12(3,4)5/h8-10H,6-7H2,1-5H3,(H,13,14)/b9-8+/t10-/m0/s1. The molecule has 0 aliphatic rings. The molecule has 1 amide bonds. The molecule has 0 aromatic rings. The van der Waals surface area contributed by atoms with Crippen LogP contribution in [0.15, 0.2) is 12.2 Å². The van der Waals surface area contributed by atoms with E-state index >= 15 is 0 Å². The molecule has 0 saturated heterocycles. The minimum absolute atomic E-state index is 0.0693. The largest absolute Gasteiger partial charge is 0.444 e. The second-order valence-electron chi connectivity index (χ2n) is 4.50. The predicted molar refractivity (Wildman–Crippen MR) is 62.9 cm³/mol. The summed E-state index contributed by atoms with van der Waals surface area (Å²) in [4.78, 5) is 11.4. The van der Waals surface area contributed by atoms with E-state index in [2.05, 4.69) is 12.2 Å². The predicted octanol–water partition coefficient (Wildman–Crippen LogP) is 3.26. The van der Waals surface area contributed by atoms with Gasteiger partial charge in [-0.15, -0.1) is 0 Å². The summed E-state index contributed by atoms with van der Waals surface area (Å²) < 4.78 is 5.17. The van der Waals surface area contributed by atoms with Gasteiger partial charge in [-0.25, -0.2) is 4.79 Å². The molecule has 0 heterocycles. The molecule has 0 bridgehead atoms. The number of carbonyl (C=O) groups excluding carboxylic acids is 1. The third kappa shape index (κ3) is 8.03. The maximum absolute atomic E-state index is 11.4. The van der Waals surface area contributed by atoms with Gasteiger partial charge in [0.15, 0.2) is 0 Å². The van der Waals surface area contributed by atoms with Crippen molar-refractivity contribution in [2.24, 2.45) is 0 Å². The van der Waals surface area contributed by atoms with Crippen molar-refractivity contribution in [1.82, 2.24) is 5.32 Å². The summed E-state index contributed by atoms with van der Waals surface area (Å²) in [5.41, 5.74) is -0.434. The molecule has 15 heavy (non-hydrogen) atoms. The zero-order chi connectivity index (χ0) is 11.9. The zero-order valence-electron chi connectivity index (χ0n) is 10.5. The van der Waals surface area contributed by atoms with Crippen LogP contribution in [-0.4, -0.2) is 17.7 Å². The summed E-state index contributed by atoms with van der Waals surface area (Å²) >= 11 is 0. The Kier molecular flexibility index (Phi) is 6.06. The average Bonchev–Trinajstić information content (AvgIpc) is 2.09. The summed E-state index contributed by atoms with van der Waals surface area (Å²) in [6.07, 6.45) is 5.55. The van der Waals surface area contributed by atoms with Gasteiger partial charge in [0.2, 0.25) is 0 Å². The minimum Gasteiger partial charge on any atom is -0.444 e. The Hall–Kier alpha value is -0.990. The highest BCUT2D eigenvalue weighted by Crippen LogP contribution is 2.07. The normalized spacial score (nSPS) is 13.9. The summed E-state index contributed by atoms with van der Waals surface area (Å²) in [5.74, 6) is 0. The van der Waals surface area contributed by atoms with E-state index in [0.717, 1.165) is 12.8 Å². The van der Waals surface area contributed by atoms with Gasteiger partial charge in [0.05, 0.1) is 6.04 Å². The van der Waals surface area contributed by atoms with Crippen molar-refractivity contribution in [2.75, 3.05) is 0 Å². The van der Waals surface area contributed by atoms with Crippen LogP contribution in [0.5, 0.6) is 0 Å². The molecule has 3 heteroatoms. The molecule has 3 nitrogen and oxygen atoms in total. The lowest BCUT2D eigenvalue weighted by Crippen LogP contribution is -2.37. The fraction of sp³-hybridized carbons (Fsp3) is 0.750. The van der Waals surface area contributed by atoms with Crippen LogP contribution in [0.25, 0.3) is 0 Å². The summed E-state index contributed by atoms with van der Waals surface area (Å²) in [6, 6.07) is 0.0693. The van der Waals surface area contributed by atoms with Crippen LogP contribution in [0.3, 0.4) is 0 Å². The van der Waals surface area contributed by atoms with E-state index in [0.29, 0.717) is 0 Å². The van der Waals surface area contributed by atoms with Gasteiger partial charge in [0.25, 0.3) is 0 Å². The molecule has 1 atom stereocenters. The lowest BCUT2D eigenvalue weighted by molar-refractivity contribution is 0.0513. The molecule has 0 aliphatic carbocycles. The van der Waals surface area contributed by atoms with Crippen molar-refractivity contribution in [3.63, 3.8) is 0 Å². The summed E-state index contributed by atoms with van der Waals surface area (Å²) in [6.45, 7) is 9.67. The van der Waals surface area contributed by atoms with E-state index in [1.807, 2.05) is 39.8 Å². The molecule has 0 spiro atoms. The first-order valence-corrected chi connectivity index (χ1v) is 5.55. The fourth-order valence-corrected chi connectivity index (χ4v) is 1.05. The Labute approximate surface area is 92.9 Å². The van der Waals surface area contributed by atoms with Crippen molar-refractivity contribution >= 4 is 6.09 Å². The van der Waals surface area contributed by atoms with Gasteiger partial charge in [-0.05, 0) is 33.6 Å². The van der Waals surface area contributed by atoms with Crippen molar-refractivity contribution in [2.45, 2.75) is 59.1 Å². The van der Waals surface area contributed by atoms with Gasteiger partial charge >= 0.3 is 6.09 Å². The molecular weight excluding hydrogens is 190 g/mol. The van der Waals surface area contributed by atoms with Crippen LogP contribution in [0, 0.1) is 0 Å². The van der Waals surface area contributed by atoms with Crippen LogP contribution in [-0.2, 0) is 4.74 Å². The van der Waals surface area contributed by atoms with E-state index in [4.69, 9.17) is 4.74 Å². The number of rotatable bonds is 4. The van der Waals surface area contributed by atoms with Gasteiger partial charge in [0, 0.05) is 0 Å². The molecule has 0 aliphatic heterocycles. The Morgan fingerprint density at radius 2 is 2.00 bits per heavy atom. The van der Waals surface area contributed by atoms with Crippen LogP contribution in [0.4, 0.5) is 4.79 Å². The monoisotopic (exact) mass is 213 g/mol. The van der Waals surface area contributed by atoms with E-state index in [1.165, 1.54) is 0 Å². The Morgan fingerprint density at radius 1 is 1.40 bits per heavy atom. The second-order valence-corrected chi connectivity index (χ2v) is 4.50. The maximum atomic E-state index is 11.4. The Balaban J connectivity index is 4.07. The molecule has 1 N–H and O–H groups in total. The third-order valence-corrected chi connectivity index (χ3v) is 1.75. The van der Waals surface area contributed by atoms with Crippen LogP contribution in [0.2, 0.25) is 0 Å².